The van der Waals surface area contributed by atoms with Gasteiger partial charge in [0.15, 0.2) is 0 Å². The summed E-state index contributed by atoms with van der Waals surface area (Å²) in [5, 5.41) is 0. The van der Waals surface area contributed by atoms with E-state index >= 15 is 0 Å². The monoisotopic (exact) mass is 233 g/mol. The highest BCUT2D eigenvalue weighted by molar-refractivity contribution is 5.75. The van der Waals surface area contributed by atoms with Crippen LogP contribution in [0.15, 0.2) is 29.1 Å². The van der Waals surface area contributed by atoms with E-state index in [0.29, 0.717) is 0 Å². The van der Waals surface area contributed by atoms with Gasteiger partial charge in [0.1, 0.15) is 0 Å². The summed E-state index contributed by atoms with van der Waals surface area (Å²) in [6, 6.07) is 8.03. The number of nitrogens with zero attached hydrogens (tertiary/aromatic N) is 2. The number of hydrogen-bond donors (Lipinski definition) is 1. The Labute approximate surface area is 101 Å². The van der Waals surface area contributed by atoms with Crippen LogP contribution in [0.5, 0.6) is 0 Å². The van der Waals surface area contributed by atoms with E-state index in [0.717, 1.165) is 24.0 Å². The fourth-order valence-corrected chi connectivity index (χ4v) is 2.09. The molecule has 4 heteroatoms. The summed E-state index contributed by atoms with van der Waals surface area (Å²) >= 11 is 0. The van der Waals surface area contributed by atoms with Crippen LogP contribution >= 0.6 is 0 Å². The topological polar surface area (TPSA) is 41.0 Å². The van der Waals surface area contributed by atoms with Crippen LogP contribution in [0.4, 0.5) is 0 Å². The molecule has 1 unspecified atom stereocenters. The molecule has 0 aliphatic carbocycles. The normalized spacial score (nSPS) is 13.4. The maximum atomic E-state index is 11.9. The summed E-state index contributed by atoms with van der Waals surface area (Å²) in [5.41, 5.74) is 1.88. The summed E-state index contributed by atoms with van der Waals surface area (Å²) in [5.74, 6) is 0. The Morgan fingerprint density at radius 2 is 2.06 bits per heavy atom. The molecule has 92 valence electrons. The van der Waals surface area contributed by atoms with Gasteiger partial charge >= 0.3 is 5.69 Å². The van der Waals surface area contributed by atoms with Crippen molar-refractivity contribution in [2.45, 2.75) is 19.4 Å². The Bertz CT molecular complexity index is 553. The minimum Gasteiger partial charge on any atom is -0.309 e. The summed E-state index contributed by atoms with van der Waals surface area (Å²) in [4.78, 5) is 16.9. The second kappa shape index (κ2) is 4.75. The number of fused-ring (bicyclic) bond motifs is 1. The van der Waals surface area contributed by atoms with Gasteiger partial charge in [0.2, 0.25) is 0 Å². The highest BCUT2D eigenvalue weighted by Crippen LogP contribution is 2.16. The summed E-state index contributed by atoms with van der Waals surface area (Å²) < 4.78 is 1.85. The fourth-order valence-electron chi connectivity index (χ4n) is 2.09. The third-order valence-electron chi connectivity index (χ3n) is 3.06. The molecule has 0 saturated carbocycles. The van der Waals surface area contributed by atoms with Crippen LogP contribution < -0.4 is 5.69 Å². The molecule has 2 rings (SSSR count). The van der Waals surface area contributed by atoms with Crippen LogP contribution in [0.1, 0.15) is 19.4 Å². The van der Waals surface area contributed by atoms with E-state index in [1.807, 2.05) is 42.9 Å². The predicted molar refractivity (Wildman–Crippen MR) is 70.4 cm³/mol. The van der Waals surface area contributed by atoms with Gasteiger partial charge in [-0.05, 0) is 46.1 Å². The molecule has 0 amide bonds. The van der Waals surface area contributed by atoms with Gasteiger partial charge in [0.25, 0.3) is 0 Å². The lowest BCUT2D eigenvalue weighted by Gasteiger charge is -2.16. The largest absolute Gasteiger partial charge is 0.326 e. The summed E-state index contributed by atoms with van der Waals surface area (Å²) in [6.45, 7) is 3.07. The minimum absolute atomic E-state index is 0.0162. The molecule has 0 bridgehead atoms. The fraction of sp³-hybridized carbons (Fsp3) is 0.462. The zero-order valence-corrected chi connectivity index (χ0v) is 10.6. The van der Waals surface area contributed by atoms with Crippen molar-refractivity contribution in [3.8, 4) is 0 Å². The molecule has 0 saturated heterocycles. The molecule has 1 atom stereocenters. The van der Waals surface area contributed by atoms with Crippen LogP contribution in [-0.2, 0) is 0 Å². The van der Waals surface area contributed by atoms with Crippen molar-refractivity contribution in [2.75, 3.05) is 20.6 Å². The number of nitrogens with one attached hydrogen (secondary N) is 1. The average Bonchev–Trinajstić information content (AvgIpc) is 2.61. The van der Waals surface area contributed by atoms with E-state index in [2.05, 4.69) is 16.8 Å². The van der Waals surface area contributed by atoms with Gasteiger partial charge in [-0.25, -0.2) is 4.79 Å². The standard InChI is InChI=1S/C13H19N3O/c1-10(8-9-15(2)3)16-12-7-5-4-6-11(12)14-13(16)17/h4-7,10H,8-9H2,1-3H3,(H,14,17). The molecule has 1 aromatic carbocycles. The minimum atomic E-state index is -0.0162. The lowest BCUT2D eigenvalue weighted by atomic mass is 10.2. The molecule has 1 heterocycles. The molecule has 2 aromatic rings. The zero-order valence-electron chi connectivity index (χ0n) is 10.6. The summed E-state index contributed by atoms with van der Waals surface area (Å²) in [6.07, 6.45) is 0.967. The number of para-hydroxylation sites is 2. The Morgan fingerprint density at radius 1 is 1.35 bits per heavy atom. The molecule has 4 nitrogen and oxygen atoms in total. The highest BCUT2D eigenvalue weighted by Gasteiger charge is 2.12. The Hall–Kier alpha value is -1.55. The molecule has 1 aromatic heterocycles. The number of imidazole rings is 1. The molecule has 0 aliphatic rings. The average molecular weight is 233 g/mol. The molecule has 1 N–H and O–H groups in total. The van der Waals surface area contributed by atoms with E-state index < -0.39 is 0 Å². The number of rotatable bonds is 4. The van der Waals surface area contributed by atoms with Crippen molar-refractivity contribution >= 4 is 11.0 Å². The van der Waals surface area contributed by atoms with Crippen LogP contribution in [-0.4, -0.2) is 35.1 Å². The van der Waals surface area contributed by atoms with Crippen molar-refractivity contribution in [2.24, 2.45) is 0 Å². The van der Waals surface area contributed by atoms with Gasteiger partial charge in [-0.15, -0.1) is 0 Å². The maximum Gasteiger partial charge on any atom is 0.326 e. The third-order valence-corrected chi connectivity index (χ3v) is 3.06. The van der Waals surface area contributed by atoms with Gasteiger partial charge in [-0.2, -0.15) is 0 Å². The first kappa shape index (κ1) is 11.9. The van der Waals surface area contributed by atoms with Gasteiger partial charge in [-0.3, -0.25) is 4.57 Å². The van der Waals surface area contributed by atoms with Gasteiger partial charge in [-0.1, -0.05) is 12.1 Å². The predicted octanol–water partition coefficient (Wildman–Crippen LogP) is 1.84. The second-order valence-corrected chi connectivity index (χ2v) is 4.76. The van der Waals surface area contributed by atoms with E-state index in [4.69, 9.17) is 0 Å². The SMILES string of the molecule is CC(CCN(C)C)n1c(=O)[nH]c2ccccc21. The molecule has 0 radical (unpaired) electrons. The first-order valence-electron chi connectivity index (χ1n) is 5.93. The van der Waals surface area contributed by atoms with Gasteiger partial charge < -0.3 is 9.88 Å². The molecular formula is C13H19N3O. The van der Waals surface area contributed by atoms with Crippen molar-refractivity contribution in [3.05, 3.63) is 34.7 Å². The number of hydrogen-bond acceptors (Lipinski definition) is 2. The smallest absolute Gasteiger partial charge is 0.309 e. The second-order valence-electron chi connectivity index (χ2n) is 4.76. The molecule has 0 fully saturated rings. The van der Waals surface area contributed by atoms with Crippen molar-refractivity contribution < 1.29 is 0 Å². The number of aromatic amines is 1. The number of benzene rings is 1. The van der Waals surface area contributed by atoms with E-state index in [1.165, 1.54) is 0 Å². The van der Waals surface area contributed by atoms with Crippen LogP contribution in [0, 0.1) is 0 Å². The van der Waals surface area contributed by atoms with E-state index in [1.54, 1.807) is 0 Å². The molecule has 0 spiro atoms. The molecular weight excluding hydrogens is 214 g/mol. The molecule has 0 aliphatic heterocycles. The molecule has 17 heavy (non-hydrogen) atoms. The first-order chi connectivity index (χ1) is 8.09. The first-order valence-corrected chi connectivity index (χ1v) is 5.93. The van der Waals surface area contributed by atoms with Crippen LogP contribution in [0.25, 0.3) is 11.0 Å². The quantitative estimate of drug-likeness (QED) is 0.875. The van der Waals surface area contributed by atoms with Crippen LogP contribution in [0.3, 0.4) is 0 Å². The van der Waals surface area contributed by atoms with Crippen molar-refractivity contribution in [3.63, 3.8) is 0 Å². The Balaban J connectivity index is 2.34. The Kier molecular flexibility index (Phi) is 3.33. The van der Waals surface area contributed by atoms with Crippen molar-refractivity contribution in [1.82, 2.24) is 14.5 Å². The lowest BCUT2D eigenvalue weighted by molar-refractivity contribution is 0.358. The maximum absolute atomic E-state index is 11.9. The zero-order chi connectivity index (χ0) is 12.4. The third kappa shape index (κ3) is 2.42. The Morgan fingerprint density at radius 3 is 2.76 bits per heavy atom. The van der Waals surface area contributed by atoms with E-state index in [9.17, 15) is 4.79 Å². The van der Waals surface area contributed by atoms with Crippen molar-refractivity contribution in [1.29, 1.82) is 0 Å². The van der Waals surface area contributed by atoms with Gasteiger partial charge in [0, 0.05) is 6.04 Å². The number of H-pyrrole nitrogens is 1. The summed E-state index contributed by atoms with van der Waals surface area (Å²) in [7, 11) is 4.09. The van der Waals surface area contributed by atoms with Gasteiger partial charge in [0.05, 0.1) is 11.0 Å². The lowest BCUT2D eigenvalue weighted by Crippen LogP contribution is -2.24. The van der Waals surface area contributed by atoms with E-state index in [-0.39, 0.29) is 11.7 Å². The number of aromatic nitrogens is 2. The van der Waals surface area contributed by atoms with Crippen LogP contribution in [0.2, 0.25) is 0 Å². The highest BCUT2D eigenvalue weighted by atomic mass is 16.1.